The smallest absolute Gasteiger partial charge is 0.129 e. The molecule has 2 aromatic heterocycles. The summed E-state index contributed by atoms with van der Waals surface area (Å²) >= 11 is 0. The summed E-state index contributed by atoms with van der Waals surface area (Å²) < 4.78 is 10.9. The van der Waals surface area contributed by atoms with Gasteiger partial charge in [0.1, 0.15) is 23.9 Å². The number of aromatic nitrogens is 3. The van der Waals surface area contributed by atoms with Crippen molar-refractivity contribution in [1.29, 1.82) is 0 Å². The average molecular weight is 340 g/mol. The standard InChI is InChI=1S/C18H20N4O3/c23-7-10-25-14-1-2-16-15(12-14)18(21-20-16)13-3-4-19-17(11-13)22-5-8-24-9-6-22/h1-4,11-12,23H,5-10H2,(H,20,21). The second-order valence-corrected chi connectivity index (χ2v) is 5.85. The maximum absolute atomic E-state index is 8.92. The number of rotatable bonds is 5. The van der Waals surface area contributed by atoms with Crippen LogP contribution >= 0.6 is 0 Å². The minimum absolute atomic E-state index is 0.0104. The van der Waals surface area contributed by atoms with Gasteiger partial charge in [-0.05, 0) is 30.3 Å². The first-order chi connectivity index (χ1) is 12.3. The van der Waals surface area contributed by atoms with Crippen LogP contribution in [-0.4, -0.2) is 59.8 Å². The van der Waals surface area contributed by atoms with Crippen LogP contribution < -0.4 is 9.64 Å². The predicted octanol–water partition coefficient (Wildman–Crippen LogP) is 1.83. The number of nitrogens with one attached hydrogen (secondary N) is 1. The Bertz CT molecular complexity index is 858. The van der Waals surface area contributed by atoms with Crippen LogP contribution in [0.25, 0.3) is 22.2 Å². The van der Waals surface area contributed by atoms with E-state index in [-0.39, 0.29) is 13.2 Å². The Morgan fingerprint density at radius 3 is 2.92 bits per heavy atom. The van der Waals surface area contributed by atoms with Gasteiger partial charge in [-0.2, -0.15) is 5.10 Å². The second-order valence-electron chi connectivity index (χ2n) is 5.85. The van der Waals surface area contributed by atoms with Crippen LogP contribution in [0.2, 0.25) is 0 Å². The molecule has 0 atom stereocenters. The number of benzene rings is 1. The highest BCUT2D eigenvalue weighted by Gasteiger charge is 2.15. The Balaban J connectivity index is 1.68. The zero-order valence-corrected chi connectivity index (χ0v) is 13.8. The molecule has 7 heteroatoms. The SMILES string of the molecule is OCCOc1ccc2[nH]nc(-c3ccnc(N4CCOCC4)c3)c2c1. The van der Waals surface area contributed by atoms with E-state index in [1.807, 2.05) is 30.5 Å². The minimum atomic E-state index is -0.0104. The fourth-order valence-electron chi connectivity index (χ4n) is 3.00. The lowest BCUT2D eigenvalue weighted by atomic mass is 10.1. The molecule has 1 aromatic carbocycles. The molecule has 0 unspecified atom stereocenters. The Labute approximate surface area is 145 Å². The van der Waals surface area contributed by atoms with E-state index in [0.29, 0.717) is 5.75 Å². The number of H-pyrrole nitrogens is 1. The molecule has 3 heterocycles. The van der Waals surface area contributed by atoms with Gasteiger partial charge in [0.05, 0.1) is 25.3 Å². The van der Waals surface area contributed by atoms with Gasteiger partial charge in [-0.1, -0.05) is 0 Å². The minimum Gasteiger partial charge on any atom is -0.491 e. The fraction of sp³-hybridized carbons (Fsp3) is 0.333. The third kappa shape index (κ3) is 3.29. The molecule has 0 saturated carbocycles. The summed E-state index contributed by atoms with van der Waals surface area (Å²) in [6.45, 7) is 3.40. The Morgan fingerprint density at radius 2 is 2.08 bits per heavy atom. The molecule has 1 fully saturated rings. The van der Waals surface area contributed by atoms with Crippen molar-refractivity contribution >= 4 is 16.7 Å². The molecule has 0 amide bonds. The molecule has 25 heavy (non-hydrogen) atoms. The summed E-state index contributed by atoms with van der Waals surface area (Å²) in [7, 11) is 0. The molecule has 1 aliphatic rings. The molecule has 130 valence electrons. The van der Waals surface area contributed by atoms with Crippen LogP contribution in [0.3, 0.4) is 0 Å². The molecule has 1 saturated heterocycles. The predicted molar refractivity (Wildman–Crippen MR) is 94.9 cm³/mol. The highest BCUT2D eigenvalue weighted by Crippen LogP contribution is 2.30. The number of morpholine rings is 1. The van der Waals surface area contributed by atoms with Crippen LogP contribution in [0.4, 0.5) is 5.82 Å². The van der Waals surface area contributed by atoms with Gasteiger partial charge in [0.15, 0.2) is 0 Å². The zero-order valence-electron chi connectivity index (χ0n) is 13.8. The summed E-state index contributed by atoms with van der Waals surface area (Å²) in [5.41, 5.74) is 2.81. The average Bonchev–Trinajstić information content (AvgIpc) is 3.10. The maximum Gasteiger partial charge on any atom is 0.129 e. The number of nitrogens with zero attached hydrogens (tertiary/aromatic N) is 3. The number of pyridine rings is 1. The van der Waals surface area contributed by atoms with E-state index in [4.69, 9.17) is 14.6 Å². The van der Waals surface area contributed by atoms with Crippen LogP contribution in [0, 0.1) is 0 Å². The molecule has 3 aromatic rings. The number of anilines is 1. The lowest BCUT2D eigenvalue weighted by molar-refractivity contribution is 0.122. The van der Waals surface area contributed by atoms with E-state index >= 15 is 0 Å². The molecule has 0 radical (unpaired) electrons. The Kier molecular flexibility index (Phi) is 4.49. The van der Waals surface area contributed by atoms with E-state index in [9.17, 15) is 0 Å². The number of ether oxygens (including phenoxy) is 2. The molecular formula is C18H20N4O3. The van der Waals surface area contributed by atoms with Crippen molar-refractivity contribution in [3.63, 3.8) is 0 Å². The normalized spacial score (nSPS) is 14.8. The van der Waals surface area contributed by atoms with E-state index in [2.05, 4.69) is 26.1 Å². The molecule has 0 bridgehead atoms. The van der Waals surface area contributed by atoms with E-state index in [1.54, 1.807) is 0 Å². The second kappa shape index (κ2) is 7.08. The van der Waals surface area contributed by atoms with Crippen molar-refractivity contribution in [2.24, 2.45) is 0 Å². The largest absolute Gasteiger partial charge is 0.491 e. The quantitative estimate of drug-likeness (QED) is 0.737. The molecule has 0 spiro atoms. The number of fused-ring (bicyclic) bond motifs is 1. The van der Waals surface area contributed by atoms with Crippen molar-refractivity contribution in [2.75, 3.05) is 44.4 Å². The highest BCUT2D eigenvalue weighted by molar-refractivity contribution is 5.94. The monoisotopic (exact) mass is 340 g/mol. The van der Waals surface area contributed by atoms with E-state index in [1.165, 1.54) is 0 Å². The van der Waals surface area contributed by atoms with Crippen LogP contribution in [0.5, 0.6) is 5.75 Å². The Morgan fingerprint density at radius 1 is 1.20 bits per heavy atom. The molecule has 7 nitrogen and oxygen atoms in total. The summed E-state index contributed by atoms with van der Waals surface area (Å²) in [4.78, 5) is 6.71. The van der Waals surface area contributed by atoms with Crippen molar-refractivity contribution in [2.45, 2.75) is 0 Å². The third-order valence-electron chi connectivity index (χ3n) is 4.25. The number of hydrogen-bond donors (Lipinski definition) is 2. The van der Waals surface area contributed by atoms with E-state index < -0.39 is 0 Å². The first-order valence-electron chi connectivity index (χ1n) is 8.36. The van der Waals surface area contributed by atoms with Crippen molar-refractivity contribution in [3.05, 3.63) is 36.5 Å². The lowest BCUT2D eigenvalue weighted by Gasteiger charge is -2.27. The first kappa shape index (κ1) is 15.9. The summed E-state index contributed by atoms with van der Waals surface area (Å²) in [6.07, 6.45) is 1.81. The fourth-order valence-corrected chi connectivity index (χ4v) is 3.00. The number of aromatic amines is 1. The summed E-state index contributed by atoms with van der Waals surface area (Å²) in [5.74, 6) is 1.65. The van der Waals surface area contributed by atoms with Gasteiger partial charge >= 0.3 is 0 Å². The van der Waals surface area contributed by atoms with Gasteiger partial charge < -0.3 is 19.5 Å². The molecule has 0 aliphatic carbocycles. The highest BCUT2D eigenvalue weighted by atomic mass is 16.5. The number of aliphatic hydroxyl groups is 1. The zero-order chi connectivity index (χ0) is 17.1. The maximum atomic E-state index is 8.92. The van der Waals surface area contributed by atoms with Gasteiger partial charge in [-0.25, -0.2) is 4.98 Å². The third-order valence-corrected chi connectivity index (χ3v) is 4.25. The summed E-state index contributed by atoms with van der Waals surface area (Å²) in [6, 6.07) is 9.76. The lowest BCUT2D eigenvalue weighted by Crippen LogP contribution is -2.36. The van der Waals surface area contributed by atoms with E-state index in [0.717, 1.165) is 54.3 Å². The van der Waals surface area contributed by atoms with Gasteiger partial charge in [-0.15, -0.1) is 0 Å². The topological polar surface area (TPSA) is 83.5 Å². The van der Waals surface area contributed by atoms with Gasteiger partial charge in [0.25, 0.3) is 0 Å². The van der Waals surface area contributed by atoms with Gasteiger partial charge in [-0.3, -0.25) is 5.10 Å². The first-order valence-corrected chi connectivity index (χ1v) is 8.36. The number of hydrogen-bond acceptors (Lipinski definition) is 6. The van der Waals surface area contributed by atoms with Crippen LogP contribution in [-0.2, 0) is 4.74 Å². The van der Waals surface area contributed by atoms with Crippen molar-refractivity contribution < 1.29 is 14.6 Å². The van der Waals surface area contributed by atoms with Crippen molar-refractivity contribution in [3.8, 4) is 17.0 Å². The summed E-state index contributed by atoms with van der Waals surface area (Å²) in [5, 5.41) is 17.4. The Hall–Kier alpha value is -2.64. The molecule has 4 rings (SSSR count). The van der Waals surface area contributed by atoms with Gasteiger partial charge in [0.2, 0.25) is 0 Å². The number of aliphatic hydroxyl groups excluding tert-OH is 1. The molecule has 1 aliphatic heterocycles. The van der Waals surface area contributed by atoms with Gasteiger partial charge in [0, 0.05) is 30.2 Å². The molecule has 2 N–H and O–H groups in total. The van der Waals surface area contributed by atoms with Crippen LogP contribution in [0.1, 0.15) is 0 Å². The van der Waals surface area contributed by atoms with Crippen molar-refractivity contribution in [1.82, 2.24) is 15.2 Å². The molecular weight excluding hydrogens is 320 g/mol. The van der Waals surface area contributed by atoms with Crippen LogP contribution in [0.15, 0.2) is 36.5 Å².